The maximum atomic E-state index is 10.8. The van der Waals surface area contributed by atoms with Crippen LogP contribution >= 0.6 is 0 Å². The number of benzene rings is 11. The quantitative estimate of drug-likeness (QED) is 0.128. The van der Waals surface area contributed by atoms with Crippen LogP contribution in [-0.2, 0) is 13.1 Å². The fraction of sp³-hybridized carbons (Fsp3) is 0.0270. The summed E-state index contributed by atoms with van der Waals surface area (Å²) in [4.78, 5) is 9.78. The van der Waals surface area contributed by atoms with E-state index < -0.39 is 0 Å². The van der Waals surface area contributed by atoms with Crippen molar-refractivity contribution in [3.05, 3.63) is 296 Å². The summed E-state index contributed by atoms with van der Waals surface area (Å²) in [5, 5.41) is 13.2. The van der Waals surface area contributed by atoms with Crippen LogP contribution in [0.2, 0.25) is 0 Å². The Bertz CT molecular complexity index is 4380. The Balaban J connectivity index is 1.07. The normalized spacial score (nSPS) is 12.3. The largest absolute Gasteiger partial charge is 0.338 e. The van der Waals surface area contributed by atoms with E-state index in [-0.39, 0.29) is 6.71 Å². The second-order valence-electron chi connectivity index (χ2n) is 20.9. The summed E-state index contributed by atoms with van der Waals surface area (Å²) in [5.74, 6) is 0. The molecule has 4 heterocycles. The third kappa shape index (κ3) is 7.82. The van der Waals surface area contributed by atoms with Crippen molar-refractivity contribution in [2.75, 3.05) is 9.80 Å². The average molecular weight is 1020 g/mol. The molecule has 0 atom stereocenters. The van der Waals surface area contributed by atoms with Gasteiger partial charge >= 0.3 is 0 Å². The number of rotatable bonds is 10. The van der Waals surface area contributed by atoms with Crippen molar-refractivity contribution in [1.82, 2.24) is 9.55 Å². The van der Waals surface area contributed by atoms with Gasteiger partial charge in [0.2, 0.25) is 0 Å². The molecule has 0 radical (unpaired) electrons. The maximum Gasteiger partial charge on any atom is 0.252 e. The van der Waals surface area contributed by atoms with Gasteiger partial charge in [-0.25, -0.2) is 0 Å². The lowest BCUT2D eigenvalue weighted by Gasteiger charge is -2.45. The number of hydrogen-bond donors (Lipinski definition) is 0. The molecule has 2 aliphatic rings. The minimum atomic E-state index is -0.184. The number of aromatic nitrogens is 2. The zero-order valence-electron chi connectivity index (χ0n) is 43.8. The Morgan fingerprint density at radius 2 is 0.812 bits per heavy atom. The average Bonchev–Trinajstić information content (AvgIpc) is 4.03. The molecule has 0 unspecified atom stereocenters. The third-order valence-corrected chi connectivity index (χ3v) is 16.5. The highest BCUT2D eigenvalue weighted by atomic mass is 15.2. The monoisotopic (exact) mass is 1020 g/mol. The molecule has 2 aromatic heterocycles. The molecule has 0 saturated carbocycles. The van der Waals surface area contributed by atoms with Crippen molar-refractivity contribution in [3.63, 3.8) is 0 Å². The Morgan fingerprint density at radius 3 is 1.27 bits per heavy atom. The van der Waals surface area contributed by atoms with E-state index in [0.29, 0.717) is 18.7 Å². The van der Waals surface area contributed by atoms with Gasteiger partial charge in [0, 0.05) is 64.6 Å². The van der Waals surface area contributed by atoms with Gasteiger partial charge in [0.1, 0.15) is 0 Å². The van der Waals surface area contributed by atoms with Gasteiger partial charge in [0.25, 0.3) is 6.71 Å². The van der Waals surface area contributed by atoms with Gasteiger partial charge in [-0.2, -0.15) is 5.26 Å². The fourth-order valence-corrected chi connectivity index (χ4v) is 13.0. The van der Waals surface area contributed by atoms with E-state index in [4.69, 9.17) is 0 Å². The third-order valence-electron chi connectivity index (χ3n) is 16.5. The van der Waals surface area contributed by atoms with Gasteiger partial charge in [-0.3, -0.25) is 4.98 Å². The fourth-order valence-electron chi connectivity index (χ4n) is 13.0. The van der Waals surface area contributed by atoms with Crippen LogP contribution in [0.3, 0.4) is 0 Å². The van der Waals surface area contributed by atoms with Crippen molar-refractivity contribution in [2.24, 2.45) is 0 Å². The molecule has 80 heavy (non-hydrogen) atoms. The number of hydrogen-bond acceptors (Lipinski definition) is 4. The first-order chi connectivity index (χ1) is 39.7. The summed E-state index contributed by atoms with van der Waals surface area (Å²) in [6, 6.07) is 99.5. The smallest absolute Gasteiger partial charge is 0.252 e. The van der Waals surface area contributed by atoms with Gasteiger partial charge in [-0.1, -0.05) is 218 Å². The molecule has 0 amide bonds. The van der Waals surface area contributed by atoms with Gasteiger partial charge in [-0.05, 0) is 126 Å². The second kappa shape index (κ2) is 19.5. The van der Waals surface area contributed by atoms with Crippen LogP contribution in [0.25, 0.3) is 83.1 Å². The van der Waals surface area contributed by atoms with Crippen molar-refractivity contribution >= 4 is 67.7 Å². The molecule has 0 spiro atoms. The van der Waals surface area contributed by atoms with Crippen LogP contribution in [0.5, 0.6) is 0 Å². The van der Waals surface area contributed by atoms with Crippen LogP contribution in [0.15, 0.2) is 279 Å². The molecule has 5 nitrogen and oxygen atoms in total. The highest BCUT2D eigenvalue weighted by Crippen LogP contribution is 2.46. The highest BCUT2D eigenvalue weighted by molar-refractivity contribution is 7.00. The van der Waals surface area contributed by atoms with Crippen LogP contribution in [0.4, 0.5) is 22.7 Å². The van der Waals surface area contributed by atoms with Crippen LogP contribution in [0, 0.1) is 11.3 Å². The molecular weight excluding hydrogens is 970 g/mol. The minimum Gasteiger partial charge on any atom is -0.338 e. The molecule has 0 fully saturated rings. The highest BCUT2D eigenvalue weighted by Gasteiger charge is 2.44. The van der Waals surface area contributed by atoms with Crippen molar-refractivity contribution < 1.29 is 0 Å². The molecule has 0 N–H and O–H groups in total. The number of fused-ring (bicyclic) bond motifs is 7. The lowest BCUT2D eigenvalue weighted by molar-refractivity contribution is 0.960. The Labute approximate surface area is 466 Å². The van der Waals surface area contributed by atoms with E-state index >= 15 is 0 Å². The van der Waals surface area contributed by atoms with Crippen LogP contribution < -0.4 is 26.2 Å². The molecule has 0 bridgehead atoms. The molecule has 0 saturated heterocycles. The lowest BCUT2D eigenvalue weighted by atomic mass is 9.33. The Morgan fingerprint density at radius 1 is 0.375 bits per heavy atom. The summed E-state index contributed by atoms with van der Waals surface area (Å²) in [5.41, 5.74) is 25.8. The molecule has 11 aromatic carbocycles. The van der Waals surface area contributed by atoms with Gasteiger partial charge in [0.15, 0.2) is 0 Å². The zero-order valence-corrected chi connectivity index (χ0v) is 43.8. The second-order valence-corrected chi connectivity index (χ2v) is 20.9. The van der Waals surface area contributed by atoms with E-state index in [2.05, 4.69) is 280 Å². The maximum absolute atomic E-state index is 10.8. The summed E-state index contributed by atoms with van der Waals surface area (Å²) < 4.78 is 2.47. The van der Waals surface area contributed by atoms with E-state index in [9.17, 15) is 5.26 Å². The number of nitriles is 1. The predicted molar refractivity (Wildman–Crippen MR) is 333 cm³/mol. The van der Waals surface area contributed by atoms with Crippen molar-refractivity contribution in [3.8, 4) is 67.4 Å². The van der Waals surface area contributed by atoms with E-state index in [1.807, 2.05) is 24.5 Å². The summed E-state index contributed by atoms with van der Waals surface area (Å²) in [6.07, 6.45) is 3.81. The first-order valence-electron chi connectivity index (χ1n) is 27.4. The lowest BCUT2D eigenvalue weighted by Crippen LogP contribution is -2.62. The van der Waals surface area contributed by atoms with Crippen molar-refractivity contribution in [1.29, 1.82) is 5.26 Å². The van der Waals surface area contributed by atoms with Crippen LogP contribution in [0.1, 0.15) is 16.7 Å². The molecular formula is C74H50BN5. The Hall–Kier alpha value is -10.5. The van der Waals surface area contributed by atoms with Gasteiger partial charge in [0.05, 0.1) is 28.4 Å². The number of nitrogens with zero attached hydrogens (tertiary/aromatic N) is 5. The Kier molecular flexibility index (Phi) is 11.4. The first kappa shape index (κ1) is 46.8. The number of anilines is 4. The first-order valence-corrected chi connectivity index (χ1v) is 27.4. The van der Waals surface area contributed by atoms with Gasteiger partial charge < -0.3 is 14.4 Å². The van der Waals surface area contributed by atoms with Gasteiger partial charge in [-0.15, -0.1) is 0 Å². The van der Waals surface area contributed by atoms with E-state index in [1.54, 1.807) is 0 Å². The molecule has 374 valence electrons. The summed E-state index contributed by atoms with van der Waals surface area (Å²) in [6.45, 7) is 0.898. The molecule has 13 aromatic rings. The summed E-state index contributed by atoms with van der Waals surface area (Å²) in [7, 11) is 0. The number of pyridine rings is 1. The SMILES string of the molecule is N#Cc1ccc2c(c1)N(Cc1c(-c3ccccc3)cccc1-c1ccccc1)c1cc(-n3c4ccccc4c4ccccc43)cc3c1B2c1ccc(-c2cccnc2)cc1N3Cc1c(-c2ccccc2)cccc1-c1ccccc1. The summed E-state index contributed by atoms with van der Waals surface area (Å²) >= 11 is 0. The zero-order chi connectivity index (χ0) is 53.1. The minimum absolute atomic E-state index is 0.184. The topological polar surface area (TPSA) is 48.1 Å². The molecule has 15 rings (SSSR count). The standard InChI is InChI=1S/C74H50BN5/c76-46-50-37-39-66-70(42-50)78(48-64-58(51-20-5-1-6-21-51)31-17-32-59(64)52-22-7-2-8-23-52)72-44-57(80-68-35-15-13-29-62(68)63-30-14-16-36-69(63)80)45-73-74(72)75(66)67-40-38-55(56-28-19-41-77-47-56)43-71(67)79(73)49-65-60(53-24-9-3-10-25-53)33-18-34-61(65)54-26-11-4-12-27-54/h1-45,47H,48-49H2. The van der Waals surface area contributed by atoms with Crippen LogP contribution in [-0.4, -0.2) is 16.3 Å². The van der Waals surface area contributed by atoms with E-state index in [1.165, 1.54) is 66.2 Å². The predicted octanol–water partition coefficient (Wildman–Crippen LogP) is 16.2. The van der Waals surface area contributed by atoms with Crippen molar-refractivity contribution in [2.45, 2.75) is 13.1 Å². The number of para-hydroxylation sites is 2. The molecule has 0 aliphatic carbocycles. The van der Waals surface area contributed by atoms with E-state index in [0.717, 1.165) is 67.2 Å². The molecule has 6 heteroatoms. The molecule has 2 aliphatic heterocycles.